The molecule has 156 valence electrons. The molecule has 2 N–H and O–H groups in total. The standard InChI is InChI=1S/C23H48N2O/c1-22(2)17-14-12-10-8-6-4-5-7-9-11-13-15-18-23(26)21-25(3)20-16-19-24/h22H,4-21,24H2,1-3H3. The van der Waals surface area contributed by atoms with E-state index in [1.54, 1.807) is 0 Å². The number of Topliss-reactive ketones (excluding diaryl/α,β-unsaturated/α-hetero) is 1. The van der Waals surface area contributed by atoms with Crippen LogP contribution in [-0.4, -0.2) is 37.4 Å². The summed E-state index contributed by atoms with van der Waals surface area (Å²) in [5, 5.41) is 0. The second kappa shape index (κ2) is 19.4. The second-order valence-electron chi connectivity index (χ2n) is 8.59. The number of hydrogen-bond acceptors (Lipinski definition) is 3. The van der Waals surface area contributed by atoms with Gasteiger partial charge in [-0.1, -0.05) is 90.9 Å². The van der Waals surface area contributed by atoms with Crippen molar-refractivity contribution in [3.63, 3.8) is 0 Å². The average molecular weight is 369 g/mol. The molecule has 3 heteroatoms. The van der Waals surface area contributed by atoms with Crippen LogP contribution < -0.4 is 5.73 Å². The van der Waals surface area contributed by atoms with E-state index in [2.05, 4.69) is 18.7 Å². The highest BCUT2D eigenvalue weighted by Gasteiger charge is 2.05. The lowest BCUT2D eigenvalue weighted by molar-refractivity contribution is -0.120. The molecule has 0 bridgehead atoms. The van der Waals surface area contributed by atoms with Crippen LogP contribution in [0.3, 0.4) is 0 Å². The highest BCUT2D eigenvalue weighted by atomic mass is 16.1. The van der Waals surface area contributed by atoms with Gasteiger partial charge in [0.2, 0.25) is 0 Å². The smallest absolute Gasteiger partial charge is 0.146 e. The van der Waals surface area contributed by atoms with E-state index in [0.717, 1.165) is 31.7 Å². The molecule has 26 heavy (non-hydrogen) atoms. The molecular formula is C23H48N2O. The Bertz CT molecular complexity index is 305. The summed E-state index contributed by atoms with van der Waals surface area (Å²) < 4.78 is 0. The van der Waals surface area contributed by atoms with Crippen molar-refractivity contribution in [2.24, 2.45) is 11.7 Å². The van der Waals surface area contributed by atoms with Crippen molar-refractivity contribution in [3.05, 3.63) is 0 Å². The molecule has 0 aromatic heterocycles. The van der Waals surface area contributed by atoms with Gasteiger partial charge in [-0.25, -0.2) is 0 Å². The zero-order chi connectivity index (χ0) is 19.5. The van der Waals surface area contributed by atoms with Gasteiger partial charge in [0.15, 0.2) is 0 Å². The number of carbonyl (C=O) groups excluding carboxylic acids is 1. The largest absolute Gasteiger partial charge is 0.330 e. The second-order valence-corrected chi connectivity index (χ2v) is 8.59. The minimum atomic E-state index is 0.387. The maximum absolute atomic E-state index is 11.9. The van der Waals surface area contributed by atoms with Crippen molar-refractivity contribution < 1.29 is 4.79 Å². The summed E-state index contributed by atoms with van der Waals surface area (Å²) in [5.41, 5.74) is 5.49. The summed E-state index contributed by atoms with van der Waals surface area (Å²) in [6.45, 7) is 6.87. The molecule has 0 unspecified atom stereocenters. The van der Waals surface area contributed by atoms with E-state index >= 15 is 0 Å². The number of hydrogen-bond donors (Lipinski definition) is 1. The molecule has 0 atom stereocenters. The highest BCUT2D eigenvalue weighted by Crippen LogP contribution is 2.14. The SMILES string of the molecule is CC(C)CCCCCCCCCCCCCCC(=O)CN(C)CCCN. The first kappa shape index (κ1) is 25.6. The zero-order valence-electron chi connectivity index (χ0n) is 18.2. The topological polar surface area (TPSA) is 46.3 Å². The van der Waals surface area contributed by atoms with E-state index in [-0.39, 0.29) is 0 Å². The van der Waals surface area contributed by atoms with Gasteiger partial charge in [0, 0.05) is 6.42 Å². The van der Waals surface area contributed by atoms with Crippen LogP contribution in [0.15, 0.2) is 0 Å². The van der Waals surface area contributed by atoms with Gasteiger partial charge in [-0.05, 0) is 38.9 Å². The minimum absolute atomic E-state index is 0.387. The Labute approximate surface area is 164 Å². The summed E-state index contributed by atoms with van der Waals surface area (Å²) in [7, 11) is 2.01. The first-order valence-electron chi connectivity index (χ1n) is 11.5. The lowest BCUT2D eigenvalue weighted by Gasteiger charge is -2.14. The normalized spacial score (nSPS) is 11.6. The number of nitrogens with zero attached hydrogens (tertiary/aromatic N) is 1. The van der Waals surface area contributed by atoms with E-state index in [0.29, 0.717) is 18.9 Å². The van der Waals surface area contributed by atoms with Crippen LogP contribution in [0, 0.1) is 5.92 Å². The van der Waals surface area contributed by atoms with Crippen LogP contribution in [0.25, 0.3) is 0 Å². The predicted octanol–water partition coefficient (Wildman–Crippen LogP) is 5.95. The Balaban J connectivity index is 3.20. The molecule has 0 aromatic rings. The van der Waals surface area contributed by atoms with E-state index in [1.165, 1.54) is 77.0 Å². The third kappa shape index (κ3) is 19.9. The first-order valence-corrected chi connectivity index (χ1v) is 11.5. The monoisotopic (exact) mass is 368 g/mol. The van der Waals surface area contributed by atoms with Gasteiger partial charge in [-0.15, -0.1) is 0 Å². The molecular weight excluding hydrogens is 320 g/mol. The zero-order valence-corrected chi connectivity index (χ0v) is 18.2. The summed E-state index contributed by atoms with van der Waals surface area (Å²) in [5.74, 6) is 1.26. The third-order valence-electron chi connectivity index (χ3n) is 5.18. The molecule has 0 aliphatic carbocycles. The molecule has 0 saturated carbocycles. The Hall–Kier alpha value is -0.410. The Morgan fingerprint density at radius 1 is 0.769 bits per heavy atom. The van der Waals surface area contributed by atoms with Crippen molar-refractivity contribution in [1.82, 2.24) is 4.90 Å². The Morgan fingerprint density at radius 2 is 1.23 bits per heavy atom. The van der Waals surface area contributed by atoms with Gasteiger partial charge in [0.05, 0.1) is 6.54 Å². The van der Waals surface area contributed by atoms with Crippen LogP contribution >= 0.6 is 0 Å². The van der Waals surface area contributed by atoms with Crippen LogP contribution in [0.4, 0.5) is 0 Å². The summed E-state index contributed by atoms with van der Waals surface area (Å²) in [6.07, 6.45) is 19.4. The molecule has 3 nitrogen and oxygen atoms in total. The van der Waals surface area contributed by atoms with Gasteiger partial charge in [0.25, 0.3) is 0 Å². The number of ketones is 1. The number of likely N-dealkylation sites (N-methyl/N-ethyl adjacent to an activating group) is 1. The number of carbonyl (C=O) groups is 1. The Morgan fingerprint density at radius 3 is 1.69 bits per heavy atom. The van der Waals surface area contributed by atoms with Crippen LogP contribution in [0.5, 0.6) is 0 Å². The molecule has 0 spiro atoms. The number of unbranched alkanes of at least 4 members (excludes halogenated alkanes) is 11. The highest BCUT2D eigenvalue weighted by molar-refractivity contribution is 5.80. The lowest BCUT2D eigenvalue weighted by atomic mass is 10.0. The van der Waals surface area contributed by atoms with E-state index in [1.807, 2.05) is 7.05 Å². The molecule has 0 aliphatic heterocycles. The van der Waals surface area contributed by atoms with E-state index in [9.17, 15) is 4.79 Å². The molecule has 0 aromatic carbocycles. The maximum atomic E-state index is 11.9. The fourth-order valence-electron chi connectivity index (χ4n) is 3.46. The minimum Gasteiger partial charge on any atom is -0.330 e. The quantitative estimate of drug-likeness (QED) is 0.270. The fraction of sp³-hybridized carbons (Fsp3) is 0.957. The molecule has 0 saturated heterocycles. The van der Waals surface area contributed by atoms with Gasteiger partial charge < -0.3 is 5.73 Å². The molecule has 0 aliphatic rings. The van der Waals surface area contributed by atoms with Gasteiger partial charge in [-0.2, -0.15) is 0 Å². The summed E-state index contributed by atoms with van der Waals surface area (Å²) in [4.78, 5) is 14.0. The average Bonchev–Trinajstić information content (AvgIpc) is 2.59. The molecule has 0 amide bonds. The molecule has 0 radical (unpaired) electrons. The fourth-order valence-corrected chi connectivity index (χ4v) is 3.46. The summed E-state index contributed by atoms with van der Waals surface area (Å²) in [6, 6.07) is 0. The molecule has 0 rings (SSSR count). The third-order valence-corrected chi connectivity index (χ3v) is 5.18. The number of nitrogens with two attached hydrogens (primary N) is 1. The van der Waals surface area contributed by atoms with E-state index in [4.69, 9.17) is 5.73 Å². The Kier molecular flexibility index (Phi) is 19.0. The maximum Gasteiger partial charge on any atom is 0.146 e. The molecule has 0 fully saturated rings. The van der Waals surface area contributed by atoms with Gasteiger partial charge in [0.1, 0.15) is 5.78 Å². The van der Waals surface area contributed by atoms with Crippen LogP contribution in [0.1, 0.15) is 110 Å². The van der Waals surface area contributed by atoms with Crippen molar-refractivity contribution in [3.8, 4) is 0 Å². The first-order chi connectivity index (χ1) is 12.6. The van der Waals surface area contributed by atoms with Crippen molar-refractivity contribution in [2.75, 3.05) is 26.7 Å². The van der Waals surface area contributed by atoms with E-state index < -0.39 is 0 Å². The van der Waals surface area contributed by atoms with Crippen molar-refractivity contribution >= 4 is 5.78 Å². The van der Waals surface area contributed by atoms with Crippen molar-refractivity contribution in [1.29, 1.82) is 0 Å². The van der Waals surface area contributed by atoms with Crippen LogP contribution in [0.2, 0.25) is 0 Å². The summed E-state index contributed by atoms with van der Waals surface area (Å²) >= 11 is 0. The van der Waals surface area contributed by atoms with Gasteiger partial charge >= 0.3 is 0 Å². The molecule has 0 heterocycles. The van der Waals surface area contributed by atoms with Gasteiger partial charge in [-0.3, -0.25) is 9.69 Å². The van der Waals surface area contributed by atoms with Crippen molar-refractivity contribution in [2.45, 2.75) is 110 Å². The predicted molar refractivity (Wildman–Crippen MR) is 116 cm³/mol. The number of rotatable bonds is 20. The lowest BCUT2D eigenvalue weighted by Crippen LogP contribution is -2.28. The van der Waals surface area contributed by atoms with Crippen LogP contribution in [-0.2, 0) is 4.79 Å².